The maximum atomic E-state index is 3.61. The first-order chi connectivity index (χ1) is 5.84. The molecule has 0 radical (unpaired) electrons. The van der Waals surface area contributed by atoms with E-state index in [1.165, 1.54) is 25.7 Å². The summed E-state index contributed by atoms with van der Waals surface area (Å²) in [7, 11) is 2.01. The van der Waals surface area contributed by atoms with Crippen molar-refractivity contribution in [1.29, 1.82) is 0 Å². The van der Waals surface area contributed by atoms with Crippen LogP contribution in [0.15, 0.2) is 0 Å². The van der Waals surface area contributed by atoms with Gasteiger partial charge in [-0.15, -0.1) is 0 Å². The van der Waals surface area contributed by atoms with Gasteiger partial charge in [0.25, 0.3) is 0 Å². The Morgan fingerprint density at radius 1 is 1.17 bits per heavy atom. The summed E-state index contributed by atoms with van der Waals surface area (Å²) in [6, 6.07) is 0.784. The molecule has 0 spiro atoms. The Kier molecular flexibility index (Phi) is 4.62. The predicted molar refractivity (Wildman–Crippen MR) is 53.3 cm³/mol. The molecule has 12 heavy (non-hydrogen) atoms. The topological polar surface area (TPSA) is 24.1 Å². The molecule has 2 nitrogen and oxygen atoms in total. The highest BCUT2D eigenvalue weighted by molar-refractivity contribution is 4.77. The van der Waals surface area contributed by atoms with E-state index in [4.69, 9.17) is 0 Å². The lowest BCUT2D eigenvalue weighted by Crippen LogP contribution is -2.40. The van der Waals surface area contributed by atoms with Crippen LogP contribution in [-0.4, -0.2) is 26.2 Å². The molecule has 0 aromatic heterocycles. The molecule has 0 amide bonds. The summed E-state index contributed by atoms with van der Waals surface area (Å²) in [5, 5.41) is 6.77. The fraction of sp³-hybridized carbons (Fsp3) is 1.00. The van der Waals surface area contributed by atoms with Crippen LogP contribution >= 0.6 is 0 Å². The van der Waals surface area contributed by atoms with Crippen LogP contribution in [0.25, 0.3) is 0 Å². The lowest BCUT2D eigenvalue weighted by molar-refractivity contribution is 0.282. The second-order valence-electron chi connectivity index (χ2n) is 3.93. The zero-order chi connectivity index (χ0) is 8.81. The quantitative estimate of drug-likeness (QED) is 0.623. The molecule has 1 aliphatic carbocycles. The lowest BCUT2D eigenvalue weighted by atomic mass is 9.86. The van der Waals surface area contributed by atoms with E-state index in [-0.39, 0.29) is 0 Å². The minimum atomic E-state index is 0.784. The summed E-state index contributed by atoms with van der Waals surface area (Å²) in [5.74, 6) is 0.885. The highest BCUT2D eigenvalue weighted by Gasteiger charge is 2.19. The van der Waals surface area contributed by atoms with Crippen LogP contribution in [0.4, 0.5) is 0 Å². The summed E-state index contributed by atoms with van der Waals surface area (Å²) >= 11 is 0. The average Bonchev–Trinajstić information content (AvgIpc) is 2.09. The van der Waals surface area contributed by atoms with Gasteiger partial charge in [0.1, 0.15) is 0 Å². The normalized spacial score (nSPS) is 30.5. The standard InChI is InChI=1S/C10H22N2/c1-9-5-3-4-6-10(9)12-8-7-11-2/h9-12H,3-8H2,1-2H3. The Balaban J connectivity index is 2.11. The van der Waals surface area contributed by atoms with Crippen molar-refractivity contribution in [3.63, 3.8) is 0 Å². The van der Waals surface area contributed by atoms with Gasteiger partial charge in [0, 0.05) is 19.1 Å². The number of nitrogens with one attached hydrogen (secondary N) is 2. The minimum absolute atomic E-state index is 0.784. The van der Waals surface area contributed by atoms with Crippen molar-refractivity contribution in [3.8, 4) is 0 Å². The number of rotatable bonds is 4. The molecular formula is C10H22N2. The third-order valence-corrected chi connectivity index (χ3v) is 2.89. The summed E-state index contributed by atoms with van der Waals surface area (Å²) in [6.45, 7) is 4.57. The molecule has 1 rings (SSSR count). The van der Waals surface area contributed by atoms with Crippen LogP contribution in [0.1, 0.15) is 32.6 Å². The SMILES string of the molecule is CNCCNC1CCCCC1C. The van der Waals surface area contributed by atoms with Crippen LogP contribution in [-0.2, 0) is 0 Å². The highest BCUT2D eigenvalue weighted by atomic mass is 15.0. The second-order valence-corrected chi connectivity index (χ2v) is 3.93. The van der Waals surface area contributed by atoms with E-state index in [9.17, 15) is 0 Å². The Hall–Kier alpha value is -0.0800. The van der Waals surface area contributed by atoms with Gasteiger partial charge in [0.05, 0.1) is 0 Å². The van der Waals surface area contributed by atoms with E-state index in [0.29, 0.717) is 0 Å². The molecule has 0 aliphatic heterocycles. The third kappa shape index (κ3) is 3.11. The summed E-state index contributed by atoms with van der Waals surface area (Å²) in [4.78, 5) is 0. The molecule has 0 heterocycles. The van der Waals surface area contributed by atoms with Gasteiger partial charge in [-0.1, -0.05) is 19.8 Å². The van der Waals surface area contributed by atoms with Crippen molar-refractivity contribution in [2.45, 2.75) is 38.6 Å². The first-order valence-corrected chi connectivity index (χ1v) is 5.22. The highest BCUT2D eigenvalue weighted by Crippen LogP contribution is 2.23. The van der Waals surface area contributed by atoms with Gasteiger partial charge in [-0.2, -0.15) is 0 Å². The predicted octanol–water partition coefficient (Wildman–Crippen LogP) is 1.37. The average molecular weight is 170 g/mol. The number of hydrogen-bond acceptors (Lipinski definition) is 2. The molecule has 0 aromatic rings. The van der Waals surface area contributed by atoms with Crippen LogP contribution in [0, 0.1) is 5.92 Å². The van der Waals surface area contributed by atoms with Crippen LogP contribution in [0.2, 0.25) is 0 Å². The lowest BCUT2D eigenvalue weighted by Gasteiger charge is -2.29. The third-order valence-electron chi connectivity index (χ3n) is 2.89. The molecule has 1 saturated carbocycles. The first kappa shape index (κ1) is 10.0. The molecule has 2 unspecified atom stereocenters. The minimum Gasteiger partial charge on any atom is -0.318 e. The molecule has 0 saturated heterocycles. The Bertz CT molecular complexity index is 114. The molecular weight excluding hydrogens is 148 g/mol. The smallest absolute Gasteiger partial charge is 0.00932 e. The van der Waals surface area contributed by atoms with Crippen LogP contribution in [0.3, 0.4) is 0 Å². The van der Waals surface area contributed by atoms with Gasteiger partial charge in [0.15, 0.2) is 0 Å². The van der Waals surface area contributed by atoms with Crippen molar-refractivity contribution in [3.05, 3.63) is 0 Å². The van der Waals surface area contributed by atoms with Crippen LogP contribution in [0.5, 0.6) is 0 Å². The zero-order valence-electron chi connectivity index (χ0n) is 8.40. The van der Waals surface area contributed by atoms with E-state index < -0.39 is 0 Å². The number of likely N-dealkylation sites (N-methyl/N-ethyl adjacent to an activating group) is 1. The molecule has 1 fully saturated rings. The van der Waals surface area contributed by atoms with Crippen molar-refractivity contribution < 1.29 is 0 Å². The molecule has 2 N–H and O–H groups in total. The Morgan fingerprint density at radius 2 is 1.92 bits per heavy atom. The molecule has 72 valence electrons. The van der Waals surface area contributed by atoms with Crippen molar-refractivity contribution in [2.24, 2.45) is 5.92 Å². The maximum Gasteiger partial charge on any atom is 0.00932 e. The van der Waals surface area contributed by atoms with Crippen molar-refractivity contribution >= 4 is 0 Å². The number of hydrogen-bond donors (Lipinski definition) is 2. The van der Waals surface area contributed by atoms with Crippen molar-refractivity contribution in [1.82, 2.24) is 10.6 Å². The summed E-state index contributed by atoms with van der Waals surface area (Å²) < 4.78 is 0. The van der Waals surface area contributed by atoms with Gasteiger partial charge >= 0.3 is 0 Å². The van der Waals surface area contributed by atoms with Gasteiger partial charge in [-0.25, -0.2) is 0 Å². The summed E-state index contributed by atoms with van der Waals surface area (Å²) in [6.07, 6.45) is 5.65. The molecule has 2 atom stereocenters. The molecule has 0 aromatic carbocycles. The van der Waals surface area contributed by atoms with Gasteiger partial charge in [0.2, 0.25) is 0 Å². The fourth-order valence-corrected chi connectivity index (χ4v) is 2.00. The van der Waals surface area contributed by atoms with Crippen molar-refractivity contribution in [2.75, 3.05) is 20.1 Å². The first-order valence-electron chi connectivity index (χ1n) is 5.22. The zero-order valence-corrected chi connectivity index (χ0v) is 8.40. The largest absolute Gasteiger partial charge is 0.318 e. The molecule has 1 aliphatic rings. The Morgan fingerprint density at radius 3 is 2.58 bits per heavy atom. The molecule has 2 heteroatoms. The van der Waals surface area contributed by atoms with E-state index in [1.807, 2.05) is 7.05 Å². The van der Waals surface area contributed by atoms with E-state index in [2.05, 4.69) is 17.6 Å². The Labute approximate surface area is 76.1 Å². The fourth-order valence-electron chi connectivity index (χ4n) is 2.00. The monoisotopic (exact) mass is 170 g/mol. The van der Waals surface area contributed by atoms with Gasteiger partial charge in [-0.05, 0) is 25.8 Å². The van der Waals surface area contributed by atoms with E-state index >= 15 is 0 Å². The maximum absolute atomic E-state index is 3.61. The van der Waals surface area contributed by atoms with Gasteiger partial charge < -0.3 is 10.6 Å². The summed E-state index contributed by atoms with van der Waals surface area (Å²) in [5.41, 5.74) is 0. The second kappa shape index (κ2) is 5.55. The molecule has 0 bridgehead atoms. The van der Waals surface area contributed by atoms with E-state index in [0.717, 1.165) is 25.0 Å². The van der Waals surface area contributed by atoms with E-state index in [1.54, 1.807) is 0 Å². The van der Waals surface area contributed by atoms with Crippen LogP contribution < -0.4 is 10.6 Å². The van der Waals surface area contributed by atoms with Gasteiger partial charge in [-0.3, -0.25) is 0 Å².